The Morgan fingerprint density at radius 3 is 2.32 bits per heavy atom. The van der Waals surface area contributed by atoms with E-state index < -0.39 is 0 Å². The van der Waals surface area contributed by atoms with Gasteiger partial charge in [0.05, 0.1) is 19.7 Å². The highest BCUT2D eigenvalue weighted by molar-refractivity contribution is 6.10. The molecule has 0 atom stereocenters. The van der Waals surface area contributed by atoms with Crippen molar-refractivity contribution in [1.82, 2.24) is 4.98 Å². The number of fused-ring (bicyclic) bond motifs is 1. The van der Waals surface area contributed by atoms with Crippen molar-refractivity contribution in [3.63, 3.8) is 0 Å². The lowest BCUT2D eigenvalue weighted by Gasteiger charge is -2.08. The Kier molecular flexibility index (Phi) is 3.74. The van der Waals surface area contributed by atoms with E-state index in [-0.39, 0.29) is 5.78 Å². The average molecular weight is 293 g/mol. The summed E-state index contributed by atoms with van der Waals surface area (Å²) in [6.07, 6.45) is 1.73. The lowest BCUT2D eigenvalue weighted by atomic mass is 10.0. The van der Waals surface area contributed by atoms with Crippen molar-refractivity contribution in [3.05, 3.63) is 65.9 Å². The predicted molar refractivity (Wildman–Crippen MR) is 84.7 cm³/mol. The molecule has 0 bridgehead atoms. The quantitative estimate of drug-likeness (QED) is 0.691. The van der Waals surface area contributed by atoms with Crippen LogP contribution in [0.25, 0.3) is 10.9 Å². The van der Waals surface area contributed by atoms with E-state index in [0.717, 1.165) is 10.9 Å². The van der Waals surface area contributed by atoms with Crippen LogP contribution in [0.15, 0.2) is 54.7 Å². The molecule has 22 heavy (non-hydrogen) atoms. The summed E-state index contributed by atoms with van der Waals surface area (Å²) < 4.78 is 10.4. The SMILES string of the molecule is COc1cc(OC)cc(C(=O)c2ccc3ncccc3c2)c1. The van der Waals surface area contributed by atoms with E-state index in [0.29, 0.717) is 22.6 Å². The second-order valence-electron chi connectivity index (χ2n) is 4.84. The molecule has 0 radical (unpaired) electrons. The summed E-state index contributed by atoms with van der Waals surface area (Å²) in [4.78, 5) is 17.0. The van der Waals surface area contributed by atoms with E-state index in [4.69, 9.17) is 9.47 Å². The second kappa shape index (κ2) is 5.85. The van der Waals surface area contributed by atoms with Crippen molar-refractivity contribution in [2.24, 2.45) is 0 Å². The monoisotopic (exact) mass is 293 g/mol. The van der Waals surface area contributed by atoms with Crippen molar-refractivity contribution < 1.29 is 14.3 Å². The number of carbonyl (C=O) groups excluding carboxylic acids is 1. The Balaban J connectivity index is 2.05. The van der Waals surface area contributed by atoms with Crippen LogP contribution in [0.1, 0.15) is 15.9 Å². The first-order valence-corrected chi connectivity index (χ1v) is 6.84. The smallest absolute Gasteiger partial charge is 0.193 e. The summed E-state index contributed by atoms with van der Waals surface area (Å²) in [5.41, 5.74) is 2.00. The molecule has 0 saturated heterocycles. The molecule has 110 valence electrons. The number of hydrogen-bond donors (Lipinski definition) is 0. The molecule has 1 heterocycles. The van der Waals surface area contributed by atoms with Gasteiger partial charge in [0.15, 0.2) is 5.78 Å². The molecule has 0 N–H and O–H groups in total. The molecular formula is C18H15NO3. The van der Waals surface area contributed by atoms with Crippen molar-refractivity contribution in [2.75, 3.05) is 14.2 Å². The number of ether oxygens (including phenoxy) is 2. The topological polar surface area (TPSA) is 48.4 Å². The number of aromatic nitrogens is 1. The van der Waals surface area contributed by atoms with E-state index in [1.807, 2.05) is 24.3 Å². The zero-order valence-corrected chi connectivity index (χ0v) is 12.4. The molecule has 0 saturated carbocycles. The van der Waals surface area contributed by atoms with Crippen LogP contribution in [0.4, 0.5) is 0 Å². The van der Waals surface area contributed by atoms with Gasteiger partial charge in [-0.25, -0.2) is 0 Å². The van der Waals surface area contributed by atoms with E-state index >= 15 is 0 Å². The van der Waals surface area contributed by atoms with Crippen molar-refractivity contribution in [1.29, 1.82) is 0 Å². The van der Waals surface area contributed by atoms with Crippen LogP contribution < -0.4 is 9.47 Å². The van der Waals surface area contributed by atoms with Gasteiger partial charge in [-0.3, -0.25) is 9.78 Å². The standard InChI is InChI=1S/C18H15NO3/c1-21-15-9-14(10-16(11-15)22-2)18(20)13-5-6-17-12(8-13)4-3-7-19-17/h3-11H,1-2H3. The summed E-state index contributed by atoms with van der Waals surface area (Å²) in [6, 6.07) is 14.4. The van der Waals surface area contributed by atoms with Gasteiger partial charge in [-0.1, -0.05) is 6.07 Å². The Bertz CT molecular complexity index is 820. The Labute approximate surface area is 128 Å². The number of ketones is 1. The Morgan fingerprint density at radius 1 is 0.909 bits per heavy atom. The minimum atomic E-state index is -0.0806. The van der Waals surface area contributed by atoms with E-state index in [9.17, 15) is 4.79 Å². The summed E-state index contributed by atoms with van der Waals surface area (Å²) >= 11 is 0. The first-order valence-electron chi connectivity index (χ1n) is 6.84. The molecule has 0 aliphatic rings. The largest absolute Gasteiger partial charge is 0.497 e. The molecule has 3 rings (SSSR count). The van der Waals surface area contributed by atoms with Crippen LogP contribution in [0.5, 0.6) is 11.5 Å². The van der Waals surface area contributed by atoms with Gasteiger partial charge < -0.3 is 9.47 Å². The maximum atomic E-state index is 12.7. The van der Waals surface area contributed by atoms with Gasteiger partial charge in [0.25, 0.3) is 0 Å². The fourth-order valence-corrected chi connectivity index (χ4v) is 2.32. The molecule has 4 nitrogen and oxygen atoms in total. The van der Waals surface area contributed by atoms with Crippen LogP contribution in [-0.2, 0) is 0 Å². The molecule has 0 amide bonds. The van der Waals surface area contributed by atoms with Crippen molar-refractivity contribution in [3.8, 4) is 11.5 Å². The minimum absolute atomic E-state index is 0.0806. The van der Waals surface area contributed by atoms with Crippen LogP contribution >= 0.6 is 0 Å². The highest BCUT2D eigenvalue weighted by Gasteiger charge is 2.13. The molecule has 3 aromatic rings. The van der Waals surface area contributed by atoms with Crippen molar-refractivity contribution >= 4 is 16.7 Å². The summed E-state index contributed by atoms with van der Waals surface area (Å²) in [5, 5.41) is 0.934. The normalized spacial score (nSPS) is 10.5. The third kappa shape index (κ3) is 2.63. The molecule has 0 aliphatic heterocycles. The number of methoxy groups -OCH3 is 2. The number of nitrogens with zero attached hydrogens (tertiary/aromatic N) is 1. The zero-order valence-electron chi connectivity index (χ0n) is 12.4. The molecule has 2 aromatic carbocycles. The first kappa shape index (κ1) is 14.1. The Hall–Kier alpha value is -2.88. The zero-order chi connectivity index (χ0) is 15.5. The first-order chi connectivity index (χ1) is 10.7. The van der Waals surface area contributed by atoms with Gasteiger partial charge in [0, 0.05) is 28.8 Å². The van der Waals surface area contributed by atoms with Crippen LogP contribution in [0.2, 0.25) is 0 Å². The third-order valence-electron chi connectivity index (χ3n) is 3.48. The van der Waals surface area contributed by atoms with Gasteiger partial charge in [-0.05, 0) is 36.4 Å². The molecule has 0 unspecified atom stereocenters. The summed E-state index contributed by atoms with van der Waals surface area (Å²) in [5.74, 6) is 1.10. The minimum Gasteiger partial charge on any atom is -0.497 e. The lowest BCUT2D eigenvalue weighted by molar-refractivity contribution is 0.103. The Morgan fingerprint density at radius 2 is 1.64 bits per heavy atom. The predicted octanol–water partition coefficient (Wildman–Crippen LogP) is 3.48. The van der Waals surface area contributed by atoms with Crippen LogP contribution in [0.3, 0.4) is 0 Å². The number of carbonyl (C=O) groups is 1. The number of benzene rings is 2. The van der Waals surface area contributed by atoms with Gasteiger partial charge in [0.1, 0.15) is 11.5 Å². The third-order valence-corrected chi connectivity index (χ3v) is 3.48. The average Bonchev–Trinajstić information content (AvgIpc) is 2.60. The van der Waals surface area contributed by atoms with Gasteiger partial charge >= 0.3 is 0 Å². The summed E-state index contributed by atoms with van der Waals surface area (Å²) in [6.45, 7) is 0. The maximum absolute atomic E-state index is 12.7. The molecular weight excluding hydrogens is 278 g/mol. The van der Waals surface area contributed by atoms with Gasteiger partial charge in [0.2, 0.25) is 0 Å². The van der Waals surface area contributed by atoms with Crippen molar-refractivity contribution in [2.45, 2.75) is 0 Å². The second-order valence-corrected chi connectivity index (χ2v) is 4.84. The highest BCUT2D eigenvalue weighted by atomic mass is 16.5. The van der Waals surface area contributed by atoms with E-state index in [1.54, 1.807) is 44.7 Å². The summed E-state index contributed by atoms with van der Waals surface area (Å²) in [7, 11) is 3.12. The molecule has 0 spiro atoms. The van der Waals surface area contributed by atoms with Crippen LogP contribution in [0, 0.1) is 0 Å². The van der Waals surface area contributed by atoms with E-state index in [2.05, 4.69) is 4.98 Å². The molecule has 0 aliphatic carbocycles. The lowest BCUT2D eigenvalue weighted by Crippen LogP contribution is -2.02. The highest BCUT2D eigenvalue weighted by Crippen LogP contribution is 2.25. The molecule has 4 heteroatoms. The van der Waals surface area contributed by atoms with E-state index in [1.165, 1.54) is 0 Å². The maximum Gasteiger partial charge on any atom is 0.193 e. The molecule has 0 fully saturated rings. The number of rotatable bonds is 4. The van der Waals surface area contributed by atoms with Crippen LogP contribution in [-0.4, -0.2) is 25.0 Å². The van der Waals surface area contributed by atoms with Gasteiger partial charge in [-0.15, -0.1) is 0 Å². The van der Waals surface area contributed by atoms with Gasteiger partial charge in [-0.2, -0.15) is 0 Å². The number of pyridine rings is 1. The number of hydrogen-bond acceptors (Lipinski definition) is 4. The fraction of sp³-hybridized carbons (Fsp3) is 0.111. The fourth-order valence-electron chi connectivity index (χ4n) is 2.32. The molecule has 1 aromatic heterocycles.